The monoisotopic (exact) mass is 490 g/mol. The summed E-state index contributed by atoms with van der Waals surface area (Å²) in [7, 11) is 0. The molecule has 10 nitrogen and oxygen atoms in total. The fourth-order valence-corrected chi connectivity index (χ4v) is 5.59. The summed E-state index contributed by atoms with van der Waals surface area (Å²) in [4.78, 5) is 70.8. The molecule has 0 saturated carbocycles. The molecule has 2 unspecified atom stereocenters. The van der Waals surface area contributed by atoms with Gasteiger partial charge in [0.1, 0.15) is 10.8 Å². The zero-order chi connectivity index (χ0) is 25.8. The number of ketones is 2. The molecule has 0 radical (unpaired) electrons. The number of anilines is 2. The lowest BCUT2D eigenvalue weighted by molar-refractivity contribution is -0.148. The Morgan fingerprint density at radius 1 is 0.694 bits per heavy atom. The molecule has 36 heavy (non-hydrogen) atoms. The molecule has 0 aliphatic carbocycles. The van der Waals surface area contributed by atoms with Crippen LogP contribution in [0.25, 0.3) is 0 Å². The van der Waals surface area contributed by atoms with Gasteiger partial charge in [0.05, 0.1) is 12.8 Å². The van der Waals surface area contributed by atoms with E-state index < -0.39 is 35.0 Å². The number of para-hydroxylation sites is 2. The second kappa shape index (κ2) is 8.11. The standard InChI is InChI=1S/2C13H11NO4/c2*1-7(15)11-13(6-10(16)18-11)8-4-2-3-5-9(8)14-12(13)17/h2*2-5,11H,6H2,1H3,(H,14,17)/t2*11?,13-/m00/s1. The van der Waals surface area contributed by atoms with Gasteiger partial charge < -0.3 is 20.1 Å². The molecular formula is C26H22N2O8. The van der Waals surface area contributed by atoms with Crippen molar-refractivity contribution in [3.63, 3.8) is 0 Å². The predicted octanol–water partition coefficient (Wildman–Crippen LogP) is 1.56. The first-order chi connectivity index (χ1) is 17.1. The molecule has 2 aromatic rings. The summed E-state index contributed by atoms with van der Waals surface area (Å²) in [5.41, 5.74) is 0.264. The Kier molecular flexibility index (Phi) is 5.27. The molecule has 2 amide bonds. The van der Waals surface area contributed by atoms with Gasteiger partial charge in [-0.25, -0.2) is 0 Å². The van der Waals surface area contributed by atoms with Gasteiger partial charge in [-0.05, 0) is 37.1 Å². The van der Waals surface area contributed by atoms with Crippen LogP contribution in [0.15, 0.2) is 48.5 Å². The minimum Gasteiger partial charge on any atom is -0.453 e. The first kappa shape index (κ1) is 23.4. The molecular weight excluding hydrogens is 468 g/mol. The van der Waals surface area contributed by atoms with Gasteiger partial charge >= 0.3 is 11.9 Å². The van der Waals surface area contributed by atoms with Crippen LogP contribution in [0.2, 0.25) is 0 Å². The Bertz CT molecular complexity index is 1260. The highest BCUT2D eigenvalue weighted by molar-refractivity contribution is 6.14. The zero-order valence-electron chi connectivity index (χ0n) is 19.5. The van der Waals surface area contributed by atoms with Crippen molar-refractivity contribution in [2.24, 2.45) is 0 Å². The molecule has 2 saturated heterocycles. The van der Waals surface area contributed by atoms with Crippen molar-refractivity contribution < 1.29 is 38.2 Å². The molecule has 4 aliphatic rings. The van der Waals surface area contributed by atoms with E-state index in [2.05, 4.69) is 10.6 Å². The highest BCUT2D eigenvalue weighted by Crippen LogP contribution is 2.48. The number of fused-ring (bicyclic) bond motifs is 4. The van der Waals surface area contributed by atoms with Crippen molar-refractivity contribution in [3.8, 4) is 0 Å². The number of amides is 2. The van der Waals surface area contributed by atoms with E-state index in [0.29, 0.717) is 22.5 Å². The number of esters is 2. The largest absolute Gasteiger partial charge is 0.453 e. The maximum absolute atomic E-state index is 12.2. The lowest BCUT2D eigenvalue weighted by Gasteiger charge is -2.24. The minimum atomic E-state index is -1.18. The Hall–Kier alpha value is -4.34. The minimum absolute atomic E-state index is 0.0832. The number of Topliss-reactive ketones (excluding diaryl/α,β-unsaturated/α-hetero) is 2. The fourth-order valence-electron chi connectivity index (χ4n) is 5.59. The number of hydrogen-bond donors (Lipinski definition) is 2. The first-order valence-corrected chi connectivity index (χ1v) is 11.3. The van der Waals surface area contributed by atoms with Crippen molar-refractivity contribution >= 4 is 46.7 Å². The van der Waals surface area contributed by atoms with Gasteiger partial charge in [-0.2, -0.15) is 0 Å². The van der Waals surface area contributed by atoms with Crippen molar-refractivity contribution in [3.05, 3.63) is 59.7 Å². The molecule has 6 rings (SSSR count). The Morgan fingerprint density at radius 2 is 1.06 bits per heavy atom. The van der Waals surface area contributed by atoms with Crippen LogP contribution in [0.3, 0.4) is 0 Å². The van der Waals surface area contributed by atoms with Crippen molar-refractivity contribution in [2.45, 2.75) is 49.7 Å². The summed E-state index contributed by atoms with van der Waals surface area (Å²) in [6, 6.07) is 14.2. The van der Waals surface area contributed by atoms with Gasteiger partial charge in [-0.15, -0.1) is 0 Å². The zero-order valence-corrected chi connectivity index (χ0v) is 19.5. The molecule has 2 N–H and O–H groups in total. The number of rotatable bonds is 2. The van der Waals surface area contributed by atoms with Crippen LogP contribution in [0.5, 0.6) is 0 Å². The van der Waals surface area contributed by atoms with Crippen LogP contribution in [0.1, 0.15) is 37.8 Å². The first-order valence-electron chi connectivity index (χ1n) is 11.3. The fraction of sp³-hybridized carbons (Fsp3) is 0.308. The average Bonchev–Trinajstić information content (AvgIpc) is 3.53. The van der Waals surface area contributed by atoms with E-state index in [1.807, 2.05) is 0 Å². The summed E-state index contributed by atoms with van der Waals surface area (Å²) in [5, 5.41) is 5.42. The molecule has 4 atom stereocenters. The van der Waals surface area contributed by atoms with E-state index in [4.69, 9.17) is 9.47 Å². The topological polar surface area (TPSA) is 145 Å². The molecule has 2 spiro atoms. The number of nitrogens with one attached hydrogen (secondary N) is 2. The van der Waals surface area contributed by atoms with E-state index in [1.54, 1.807) is 48.5 Å². The van der Waals surface area contributed by atoms with Crippen molar-refractivity contribution in [1.29, 1.82) is 0 Å². The van der Waals surface area contributed by atoms with Crippen LogP contribution in [0.4, 0.5) is 11.4 Å². The molecule has 4 heterocycles. The molecule has 184 valence electrons. The Balaban J connectivity index is 0.000000148. The maximum Gasteiger partial charge on any atom is 0.308 e. The second-order valence-electron chi connectivity index (χ2n) is 9.26. The summed E-state index contributed by atoms with van der Waals surface area (Å²) in [6.07, 6.45) is -2.21. The van der Waals surface area contributed by atoms with Gasteiger partial charge in [0.25, 0.3) is 0 Å². The quantitative estimate of drug-likeness (QED) is 0.604. The smallest absolute Gasteiger partial charge is 0.308 e. The van der Waals surface area contributed by atoms with Crippen LogP contribution < -0.4 is 10.6 Å². The third-order valence-corrected chi connectivity index (χ3v) is 7.10. The molecule has 4 aliphatic heterocycles. The molecule has 0 aromatic heterocycles. The SMILES string of the molecule is CC(=O)C1OC(=O)C[C@@]12C(=O)Nc1ccccc12.CC(=O)C1OC(=O)C[C@@]12C(=O)Nc1ccccc12. The van der Waals surface area contributed by atoms with Crippen LogP contribution in [-0.4, -0.2) is 47.5 Å². The second-order valence-corrected chi connectivity index (χ2v) is 9.26. The van der Waals surface area contributed by atoms with Crippen LogP contribution in [0, 0.1) is 0 Å². The van der Waals surface area contributed by atoms with Gasteiger partial charge in [-0.3, -0.25) is 28.8 Å². The average molecular weight is 490 g/mol. The van der Waals surface area contributed by atoms with Gasteiger partial charge in [0.15, 0.2) is 23.8 Å². The highest BCUT2D eigenvalue weighted by atomic mass is 16.6. The lowest BCUT2D eigenvalue weighted by atomic mass is 9.74. The van der Waals surface area contributed by atoms with Gasteiger partial charge in [0, 0.05) is 11.4 Å². The third-order valence-electron chi connectivity index (χ3n) is 7.10. The Labute approximate surface area is 205 Å². The highest BCUT2D eigenvalue weighted by Gasteiger charge is 2.62. The summed E-state index contributed by atoms with van der Waals surface area (Å²) in [6.45, 7) is 2.67. The van der Waals surface area contributed by atoms with Gasteiger partial charge in [0.2, 0.25) is 11.8 Å². The van der Waals surface area contributed by atoms with E-state index in [0.717, 1.165) is 0 Å². The molecule has 10 heteroatoms. The predicted molar refractivity (Wildman–Crippen MR) is 124 cm³/mol. The number of hydrogen-bond acceptors (Lipinski definition) is 8. The molecule has 2 fully saturated rings. The van der Waals surface area contributed by atoms with E-state index >= 15 is 0 Å². The number of carbonyl (C=O) groups excluding carboxylic acids is 6. The summed E-state index contributed by atoms with van der Waals surface area (Å²) >= 11 is 0. The summed E-state index contributed by atoms with van der Waals surface area (Å²) in [5.74, 6) is -2.32. The normalized spacial score (nSPS) is 29.1. The van der Waals surface area contributed by atoms with Crippen molar-refractivity contribution in [1.82, 2.24) is 0 Å². The van der Waals surface area contributed by atoms with Crippen molar-refractivity contribution in [2.75, 3.05) is 10.6 Å². The maximum atomic E-state index is 12.2. The Morgan fingerprint density at radius 3 is 1.42 bits per heavy atom. The molecule has 0 bridgehead atoms. The van der Waals surface area contributed by atoms with E-state index in [1.165, 1.54) is 13.8 Å². The number of cyclic esters (lactones) is 2. The van der Waals surface area contributed by atoms with Gasteiger partial charge in [-0.1, -0.05) is 36.4 Å². The lowest BCUT2D eigenvalue weighted by Crippen LogP contribution is -2.45. The van der Waals surface area contributed by atoms with E-state index in [9.17, 15) is 28.8 Å². The number of carbonyl (C=O) groups is 6. The number of benzene rings is 2. The molecule has 2 aromatic carbocycles. The van der Waals surface area contributed by atoms with Crippen LogP contribution in [-0.2, 0) is 49.1 Å². The summed E-state index contributed by atoms with van der Waals surface area (Å²) < 4.78 is 10.1. The van der Waals surface area contributed by atoms with E-state index in [-0.39, 0.29) is 36.2 Å². The van der Waals surface area contributed by atoms with Crippen LogP contribution >= 0.6 is 0 Å². The number of ether oxygens (including phenoxy) is 2. The third kappa shape index (κ3) is 3.17.